The first-order chi connectivity index (χ1) is 5.70. The zero-order valence-electron chi connectivity index (χ0n) is 8.60. The number of hydrogen-bond donors (Lipinski definition) is 1. The molecule has 1 heteroatoms. The summed E-state index contributed by atoms with van der Waals surface area (Å²) in [7, 11) is 0. The van der Waals surface area contributed by atoms with Crippen LogP contribution < -0.4 is 5.73 Å². The Morgan fingerprint density at radius 3 is 2.33 bits per heavy atom. The molecule has 0 aromatic heterocycles. The van der Waals surface area contributed by atoms with Crippen LogP contribution in [-0.2, 0) is 0 Å². The van der Waals surface area contributed by atoms with Crippen molar-refractivity contribution in [3.8, 4) is 0 Å². The quantitative estimate of drug-likeness (QED) is 0.688. The van der Waals surface area contributed by atoms with Crippen LogP contribution in [0.4, 0.5) is 0 Å². The fraction of sp³-hybridized carbons (Fsp3) is 1.00. The minimum absolute atomic E-state index is 0.639. The second-order valence-electron chi connectivity index (χ2n) is 4.73. The number of rotatable bonds is 4. The molecule has 0 amide bonds. The maximum absolute atomic E-state index is 5.72. The van der Waals surface area contributed by atoms with Gasteiger partial charge in [-0.25, -0.2) is 0 Å². The van der Waals surface area contributed by atoms with Gasteiger partial charge >= 0.3 is 0 Å². The summed E-state index contributed by atoms with van der Waals surface area (Å²) in [6.45, 7) is 5.58. The molecule has 0 saturated heterocycles. The molecule has 0 bridgehead atoms. The average Bonchev–Trinajstić information content (AvgIpc) is 2.48. The van der Waals surface area contributed by atoms with E-state index in [2.05, 4.69) is 13.8 Å². The van der Waals surface area contributed by atoms with Gasteiger partial charge in [-0.15, -0.1) is 0 Å². The fourth-order valence-corrected chi connectivity index (χ4v) is 2.52. The molecule has 1 aliphatic carbocycles. The van der Waals surface area contributed by atoms with E-state index in [-0.39, 0.29) is 0 Å². The van der Waals surface area contributed by atoms with E-state index in [9.17, 15) is 0 Å². The van der Waals surface area contributed by atoms with Crippen molar-refractivity contribution in [1.82, 2.24) is 0 Å². The van der Waals surface area contributed by atoms with Gasteiger partial charge in [0, 0.05) is 0 Å². The Labute approximate surface area is 76.7 Å². The third-order valence-electron chi connectivity index (χ3n) is 3.50. The van der Waals surface area contributed by atoms with Crippen LogP contribution in [0.2, 0.25) is 0 Å². The second-order valence-corrected chi connectivity index (χ2v) is 4.73. The molecule has 0 aliphatic heterocycles. The molecule has 1 saturated carbocycles. The molecule has 0 spiro atoms. The highest BCUT2D eigenvalue weighted by atomic mass is 14.6. The van der Waals surface area contributed by atoms with Crippen molar-refractivity contribution in [3.63, 3.8) is 0 Å². The first kappa shape index (κ1) is 10.0. The maximum atomic E-state index is 5.72. The summed E-state index contributed by atoms with van der Waals surface area (Å²) in [5.41, 5.74) is 6.36. The Morgan fingerprint density at radius 1 is 1.33 bits per heavy atom. The highest BCUT2D eigenvalue weighted by Gasteiger charge is 2.30. The van der Waals surface area contributed by atoms with Gasteiger partial charge in [-0.3, -0.25) is 0 Å². The predicted octanol–water partition coefficient (Wildman–Crippen LogP) is 2.94. The average molecular weight is 169 g/mol. The van der Waals surface area contributed by atoms with Crippen LogP contribution in [-0.4, -0.2) is 6.54 Å². The summed E-state index contributed by atoms with van der Waals surface area (Å²) in [4.78, 5) is 0. The van der Waals surface area contributed by atoms with E-state index in [4.69, 9.17) is 5.73 Å². The minimum Gasteiger partial charge on any atom is -0.330 e. The van der Waals surface area contributed by atoms with Gasteiger partial charge in [0.25, 0.3) is 0 Å². The van der Waals surface area contributed by atoms with Crippen molar-refractivity contribution < 1.29 is 0 Å². The zero-order chi connectivity index (χ0) is 9.03. The largest absolute Gasteiger partial charge is 0.330 e. The van der Waals surface area contributed by atoms with E-state index in [0.29, 0.717) is 5.41 Å². The molecule has 0 aromatic rings. The highest BCUT2D eigenvalue weighted by Crippen LogP contribution is 2.42. The van der Waals surface area contributed by atoms with Crippen molar-refractivity contribution in [1.29, 1.82) is 0 Å². The molecule has 0 heterocycles. The third kappa shape index (κ3) is 2.48. The molecule has 1 nitrogen and oxygen atoms in total. The minimum atomic E-state index is 0.639. The van der Waals surface area contributed by atoms with E-state index < -0.39 is 0 Å². The van der Waals surface area contributed by atoms with Crippen LogP contribution in [0.25, 0.3) is 0 Å². The summed E-state index contributed by atoms with van der Waals surface area (Å²) in [5.74, 6) is 0.771. The number of nitrogens with two attached hydrogens (primary N) is 1. The highest BCUT2D eigenvalue weighted by molar-refractivity contribution is 4.82. The van der Waals surface area contributed by atoms with E-state index in [1.807, 2.05) is 0 Å². The van der Waals surface area contributed by atoms with Crippen molar-refractivity contribution in [2.45, 2.75) is 52.4 Å². The topological polar surface area (TPSA) is 26.0 Å². The zero-order valence-corrected chi connectivity index (χ0v) is 8.60. The molecule has 1 rings (SSSR count). The molecule has 1 unspecified atom stereocenters. The molecule has 0 aromatic carbocycles. The van der Waals surface area contributed by atoms with Crippen molar-refractivity contribution >= 4 is 0 Å². The Hall–Kier alpha value is -0.0400. The smallest absolute Gasteiger partial charge is 0.00488 e. The lowest BCUT2D eigenvalue weighted by molar-refractivity contribution is 0.245. The molecule has 0 radical (unpaired) electrons. The van der Waals surface area contributed by atoms with E-state index in [1.54, 1.807) is 0 Å². The summed E-state index contributed by atoms with van der Waals surface area (Å²) in [5, 5.41) is 0. The lowest BCUT2D eigenvalue weighted by atomic mass is 9.79. The maximum Gasteiger partial charge on any atom is -0.00488 e. The Balaban J connectivity index is 2.36. The number of hydrogen-bond acceptors (Lipinski definition) is 1. The van der Waals surface area contributed by atoms with Crippen LogP contribution in [0.5, 0.6) is 0 Å². The molecule has 1 aliphatic rings. The first-order valence-electron chi connectivity index (χ1n) is 5.40. The standard InChI is InChI=1S/C11H23N/c1-3-10(9-12)8-11(2)6-4-5-7-11/h10H,3-9,12H2,1-2H3. The van der Waals surface area contributed by atoms with Crippen LogP contribution in [0, 0.1) is 11.3 Å². The van der Waals surface area contributed by atoms with Gasteiger partial charge in [-0.05, 0) is 37.1 Å². The lowest BCUT2D eigenvalue weighted by Crippen LogP contribution is -2.22. The Morgan fingerprint density at radius 2 is 1.92 bits per heavy atom. The first-order valence-corrected chi connectivity index (χ1v) is 5.40. The molecule has 1 fully saturated rings. The van der Waals surface area contributed by atoms with Crippen LogP contribution in [0.1, 0.15) is 52.4 Å². The van der Waals surface area contributed by atoms with E-state index >= 15 is 0 Å². The van der Waals surface area contributed by atoms with Gasteiger partial charge in [-0.2, -0.15) is 0 Å². The van der Waals surface area contributed by atoms with Crippen LogP contribution >= 0.6 is 0 Å². The predicted molar refractivity (Wildman–Crippen MR) is 54.0 cm³/mol. The lowest BCUT2D eigenvalue weighted by Gasteiger charge is -2.27. The molecule has 1 atom stereocenters. The Bertz CT molecular complexity index is 121. The molecule has 12 heavy (non-hydrogen) atoms. The third-order valence-corrected chi connectivity index (χ3v) is 3.50. The summed E-state index contributed by atoms with van der Waals surface area (Å²) >= 11 is 0. The van der Waals surface area contributed by atoms with Gasteiger partial charge < -0.3 is 5.73 Å². The molecular weight excluding hydrogens is 146 g/mol. The van der Waals surface area contributed by atoms with Crippen LogP contribution in [0.15, 0.2) is 0 Å². The van der Waals surface area contributed by atoms with Gasteiger partial charge in [-0.1, -0.05) is 33.1 Å². The van der Waals surface area contributed by atoms with Crippen molar-refractivity contribution in [2.24, 2.45) is 17.1 Å². The summed E-state index contributed by atoms with van der Waals surface area (Å²) in [6.07, 6.45) is 8.37. The van der Waals surface area contributed by atoms with Gasteiger partial charge in [0.15, 0.2) is 0 Å². The molecule has 72 valence electrons. The van der Waals surface area contributed by atoms with Gasteiger partial charge in [0.1, 0.15) is 0 Å². The normalized spacial score (nSPS) is 24.2. The summed E-state index contributed by atoms with van der Waals surface area (Å²) in [6, 6.07) is 0. The van der Waals surface area contributed by atoms with Gasteiger partial charge in [0.2, 0.25) is 0 Å². The van der Waals surface area contributed by atoms with Crippen molar-refractivity contribution in [2.75, 3.05) is 6.54 Å². The van der Waals surface area contributed by atoms with Crippen LogP contribution in [0.3, 0.4) is 0 Å². The monoisotopic (exact) mass is 169 g/mol. The van der Waals surface area contributed by atoms with Crippen molar-refractivity contribution in [3.05, 3.63) is 0 Å². The molecular formula is C11H23N. The SMILES string of the molecule is CCC(CN)CC1(C)CCCC1. The fourth-order valence-electron chi connectivity index (χ4n) is 2.52. The van der Waals surface area contributed by atoms with Gasteiger partial charge in [0.05, 0.1) is 0 Å². The second kappa shape index (κ2) is 4.27. The molecule has 2 N–H and O–H groups in total. The van der Waals surface area contributed by atoms with E-state index in [1.165, 1.54) is 38.5 Å². The summed E-state index contributed by atoms with van der Waals surface area (Å²) < 4.78 is 0. The Kier molecular flexibility index (Phi) is 3.57. The van der Waals surface area contributed by atoms with E-state index in [0.717, 1.165) is 12.5 Å².